The second-order valence-corrected chi connectivity index (χ2v) is 3.69. The van der Waals surface area contributed by atoms with Crippen molar-refractivity contribution in [2.75, 3.05) is 7.11 Å². The number of aromatic nitrogens is 2. The topological polar surface area (TPSA) is 98.1 Å². The van der Waals surface area contributed by atoms with Crippen LogP contribution in [0.2, 0.25) is 0 Å². The summed E-state index contributed by atoms with van der Waals surface area (Å²) in [5.41, 5.74) is 1.50. The Morgan fingerprint density at radius 3 is 2.79 bits per heavy atom. The Bertz CT molecular complexity index is 565. The maximum absolute atomic E-state index is 10.3. The predicted molar refractivity (Wildman–Crippen MR) is 69.7 cm³/mol. The Morgan fingerprint density at radius 2 is 2.26 bits per heavy atom. The number of benzene rings is 1. The van der Waals surface area contributed by atoms with E-state index in [2.05, 4.69) is 14.7 Å². The third-order valence-electron chi connectivity index (χ3n) is 2.30. The average Bonchev–Trinajstić information content (AvgIpc) is 2.86. The van der Waals surface area contributed by atoms with Crippen LogP contribution in [0.3, 0.4) is 0 Å². The van der Waals surface area contributed by atoms with Gasteiger partial charge in [-0.2, -0.15) is 0 Å². The number of nitro groups is 1. The van der Waals surface area contributed by atoms with Crippen LogP contribution in [0, 0.1) is 10.1 Å². The summed E-state index contributed by atoms with van der Waals surface area (Å²) in [6.45, 7) is 1.94. The van der Waals surface area contributed by atoms with Crippen molar-refractivity contribution < 1.29 is 14.5 Å². The van der Waals surface area contributed by atoms with E-state index in [0.29, 0.717) is 11.9 Å². The summed E-state index contributed by atoms with van der Waals surface area (Å²) in [6, 6.07) is 4.51. The number of hydrogen-bond donors (Lipinski definition) is 1. The number of nitrogens with zero attached hydrogens (tertiary/aromatic N) is 2. The lowest BCUT2D eigenvalue weighted by atomic mass is 10.3. The zero-order chi connectivity index (χ0) is 14.3. The van der Waals surface area contributed by atoms with Crippen molar-refractivity contribution >= 4 is 22.7 Å². The van der Waals surface area contributed by atoms with Crippen molar-refractivity contribution in [2.45, 2.75) is 19.8 Å². The molecule has 19 heavy (non-hydrogen) atoms. The molecule has 1 aromatic carbocycles. The second kappa shape index (κ2) is 7.10. The lowest BCUT2D eigenvalue weighted by Gasteiger charge is -1.91. The zero-order valence-corrected chi connectivity index (χ0v) is 10.8. The first-order chi connectivity index (χ1) is 9.08. The van der Waals surface area contributed by atoms with Crippen LogP contribution in [0.1, 0.15) is 19.8 Å². The van der Waals surface area contributed by atoms with Gasteiger partial charge in [-0.1, -0.05) is 6.92 Å². The third-order valence-corrected chi connectivity index (χ3v) is 2.30. The zero-order valence-electron chi connectivity index (χ0n) is 10.8. The number of aromatic amines is 1. The molecule has 7 nitrogen and oxygen atoms in total. The highest BCUT2D eigenvalue weighted by Gasteiger charge is 2.06. The highest BCUT2D eigenvalue weighted by Crippen LogP contribution is 2.16. The van der Waals surface area contributed by atoms with Gasteiger partial charge in [-0.25, -0.2) is 4.98 Å². The molecule has 2 aromatic rings. The highest BCUT2D eigenvalue weighted by atomic mass is 16.6. The van der Waals surface area contributed by atoms with Crippen LogP contribution in [-0.4, -0.2) is 28.0 Å². The Hall–Kier alpha value is -2.44. The number of methoxy groups -OCH3 is 1. The van der Waals surface area contributed by atoms with Gasteiger partial charge in [0.1, 0.15) is 0 Å². The number of fused-ring (bicyclic) bond motifs is 1. The van der Waals surface area contributed by atoms with E-state index in [-0.39, 0.29) is 11.7 Å². The number of carbonyl (C=O) groups is 1. The highest BCUT2D eigenvalue weighted by molar-refractivity contribution is 5.76. The molecule has 0 aliphatic heterocycles. The van der Waals surface area contributed by atoms with Gasteiger partial charge in [0.05, 0.1) is 29.4 Å². The van der Waals surface area contributed by atoms with Crippen LogP contribution in [0.4, 0.5) is 5.69 Å². The van der Waals surface area contributed by atoms with Crippen LogP contribution in [-0.2, 0) is 9.53 Å². The quantitative estimate of drug-likeness (QED) is 0.522. The van der Waals surface area contributed by atoms with E-state index < -0.39 is 4.92 Å². The summed E-state index contributed by atoms with van der Waals surface area (Å²) in [5, 5.41) is 10.3. The molecule has 2 rings (SSSR count). The fourth-order valence-electron chi connectivity index (χ4n) is 1.34. The van der Waals surface area contributed by atoms with Gasteiger partial charge in [0.25, 0.3) is 5.69 Å². The number of H-pyrrole nitrogens is 1. The Balaban J connectivity index is 0.000000224. The van der Waals surface area contributed by atoms with Gasteiger partial charge in [0, 0.05) is 18.6 Å². The van der Waals surface area contributed by atoms with Gasteiger partial charge in [-0.15, -0.1) is 0 Å². The van der Waals surface area contributed by atoms with Gasteiger partial charge in [0.15, 0.2) is 0 Å². The molecule has 1 heterocycles. The van der Waals surface area contributed by atoms with Crippen molar-refractivity contribution in [3.63, 3.8) is 0 Å². The summed E-state index contributed by atoms with van der Waals surface area (Å²) in [6.07, 6.45) is 2.91. The number of esters is 1. The van der Waals surface area contributed by atoms with Gasteiger partial charge in [0.2, 0.25) is 0 Å². The number of nitrogens with one attached hydrogen (secondary N) is 1. The summed E-state index contributed by atoms with van der Waals surface area (Å²) >= 11 is 0. The average molecular weight is 265 g/mol. The monoisotopic (exact) mass is 265 g/mol. The van der Waals surface area contributed by atoms with Crippen LogP contribution >= 0.6 is 0 Å². The first kappa shape index (κ1) is 14.6. The molecule has 102 valence electrons. The van der Waals surface area contributed by atoms with Crippen LogP contribution in [0.25, 0.3) is 11.0 Å². The molecule has 0 aliphatic rings. The molecule has 0 radical (unpaired) electrons. The minimum absolute atomic E-state index is 0.0757. The van der Waals surface area contributed by atoms with Gasteiger partial charge in [-0.05, 0) is 12.5 Å². The molecule has 0 saturated heterocycles. The molecule has 0 amide bonds. The molecule has 1 aromatic heterocycles. The molecule has 0 saturated carbocycles. The Kier molecular flexibility index (Phi) is 5.46. The van der Waals surface area contributed by atoms with E-state index in [1.54, 1.807) is 6.07 Å². The fourth-order valence-corrected chi connectivity index (χ4v) is 1.34. The van der Waals surface area contributed by atoms with Gasteiger partial charge < -0.3 is 9.72 Å². The maximum atomic E-state index is 10.3. The first-order valence-corrected chi connectivity index (χ1v) is 5.72. The minimum Gasteiger partial charge on any atom is -0.469 e. The summed E-state index contributed by atoms with van der Waals surface area (Å²) in [5.74, 6) is -0.123. The number of imidazole rings is 1. The molecule has 1 N–H and O–H groups in total. The number of hydrogen-bond acceptors (Lipinski definition) is 5. The van der Waals surface area contributed by atoms with Crippen LogP contribution < -0.4 is 0 Å². The second-order valence-electron chi connectivity index (χ2n) is 3.69. The molecule has 0 aliphatic carbocycles. The van der Waals surface area contributed by atoms with Gasteiger partial charge >= 0.3 is 5.97 Å². The molecule has 0 fully saturated rings. The maximum Gasteiger partial charge on any atom is 0.305 e. The third kappa shape index (κ3) is 4.38. The van der Waals surface area contributed by atoms with Gasteiger partial charge in [-0.3, -0.25) is 14.9 Å². The predicted octanol–water partition coefficient (Wildman–Crippen LogP) is 2.43. The first-order valence-electron chi connectivity index (χ1n) is 5.72. The Morgan fingerprint density at radius 1 is 1.53 bits per heavy atom. The fraction of sp³-hybridized carbons (Fsp3) is 0.333. The summed E-state index contributed by atoms with van der Waals surface area (Å²) in [4.78, 5) is 26.8. The van der Waals surface area contributed by atoms with E-state index in [0.717, 1.165) is 11.9 Å². The Labute approximate surface area is 109 Å². The van der Waals surface area contributed by atoms with E-state index in [1.807, 2.05) is 6.92 Å². The number of rotatable bonds is 3. The van der Waals surface area contributed by atoms with E-state index in [9.17, 15) is 14.9 Å². The smallest absolute Gasteiger partial charge is 0.305 e. The summed E-state index contributed by atoms with van der Waals surface area (Å²) < 4.78 is 4.35. The standard InChI is InChI=1S/C7H5N3O2.C5H10O2/c11-10(12)5-1-2-6-7(3-5)9-4-8-6;1-3-4-5(6)7-2/h1-4H,(H,8,9);3-4H2,1-2H3. The van der Waals surface area contributed by atoms with Crippen molar-refractivity contribution in [1.29, 1.82) is 0 Å². The SMILES string of the molecule is CCCC(=O)OC.O=[N+]([O-])c1ccc2nc[nH]c2c1. The van der Waals surface area contributed by atoms with Crippen LogP contribution in [0.5, 0.6) is 0 Å². The molecule has 0 bridgehead atoms. The summed E-state index contributed by atoms with van der Waals surface area (Å²) in [7, 11) is 1.40. The molecule has 0 atom stereocenters. The van der Waals surface area contributed by atoms with E-state index in [4.69, 9.17) is 0 Å². The van der Waals surface area contributed by atoms with Crippen molar-refractivity contribution in [2.24, 2.45) is 0 Å². The normalized spacial score (nSPS) is 9.58. The molecule has 0 spiro atoms. The number of non-ortho nitro benzene ring substituents is 1. The van der Waals surface area contributed by atoms with E-state index in [1.165, 1.54) is 25.6 Å². The number of carbonyl (C=O) groups excluding carboxylic acids is 1. The van der Waals surface area contributed by atoms with Crippen molar-refractivity contribution in [3.05, 3.63) is 34.6 Å². The lowest BCUT2D eigenvalue weighted by Crippen LogP contribution is -1.97. The van der Waals surface area contributed by atoms with Crippen molar-refractivity contribution in [1.82, 2.24) is 9.97 Å². The number of ether oxygens (including phenoxy) is 1. The largest absolute Gasteiger partial charge is 0.469 e. The molecule has 7 heteroatoms. The van der Waals surface area contributed by atoms with Crippen molar-refractivity contribution in [3.8, 4) is 0 Å². The van der Waals surface area contributed by atoms with E-state index >= 15 is 0 Å². The molecule has 0 unspecified atom stereocenters. The molecular weight excluding hydrogens is 250 g/mol. The minimum atomic E-state index is -0.430. The number of nitro benzene ring substituents is 1. The van der Waals surface area contributed by atoms with Crippen LogP contribution in [0.15, 0.2) is 24.5 Å². The lowest BCUT2D eigenvalue weighted by molar-refractivity contribution is -0.384. The molecular formula is C12H15N3O4.